The van der Waals surface area contributed by atoms with Crippen molar-refractivity contribution in [2.24, 2.45) is 0 Å². The molecule has 1 fully saturated rings. The fraction of sp³-hybridized carbons (Fsp3) is 0.562. The van der Waals surface area contributed by atoms with Crippen LogP contribution in [-0.2, 0) is 16.1 Å². The highest BCUT2D eigenvalue weighted by atomic mass is 79.9. The van der Waals surface area contributed by atoms with Gasteiger partial charge in [0.05, 0.1) is 0 Å². The average molecular weight is 371 g/mol. The van der Waals surface area contributed by atoms with Crippen LogP contribution in [0.2, 0.25) is 0 Å². The highest BCUT2D eigenvalue weighted by Gasteiger charge is 2.38. The third-order valence-corrected chi connectivity index (χ3v) is 4.87. The van der Waals surface area contributed by atoms with E-state index in [1.54, 1.807) is 6.07 Å². The van der Waals surface area contributed by atoms with Crippen molar-refractivity contribution in [2.75, 3.05) is 13.2 Å². The molecular formula is C16H19BrO5. The van der Waals surface area contributed by atoms with E-state index in [1.165, 1.54) is 0 Å². The Labute approximate surface area is 137 Å². The molecule has 1 N–H and O–H groups in total. The molecule has 0 bridgehead atoms. The Kier molecular flexibility index (Phi) is 4.59. The van der Waals surface area contributed by atoms with Crippen LogP contribution < -0.4 is 9.47 Å². The minimum atomic E-state index is -1.32. The van der Waals surface area contributed by atoms with Gasteiger partial charge in [0, 0.05) is 10.0 Å². The van der Waals surface area contributed by atoms with E-state index >= 15 is 0 Å². The maximum absolute atomic E-state index is 12.1. The van der Waals surface area contributed by atoms with Gasteiger partial charge in [-0.2, -0.15) is 0 Å². The Bertz CT molecular complexity index is 566. The Morgan fingerprint density at radius 2 is 1.82 bits per heavy atom. The smallest absolute Gasteiger partial charge is 0.338 e. The highest BCUT2D eigenvalue weighted by Crippen LogP contribution is 2.36. The first-order chi connectivity index (χ1) is 10.6. The number of hydrogen-bond acceptors (Lipinski definition) is 5. The summed E-state index contributed by atoms with van der Waals surface area (Å²) < 4.78 is 17.1. The number of aliphatic hydroxyl groups is 1. The third kappa shape index (κ3) is 3.22. The predicted molar refractivity (Wildman–Crippen MR) is 83.0 cm³/mol. The van der Waals surface area contributed by atoms with Crippen LogP contribution in [0.1, 0.15) is 37.7 Å². The van der Waals surface area contributed by atoms with Crippen LogP contribution in [0.3, 0.4) is 0 Å². The lowest BCUT2D eigenvalue weighted by Crippen LogP contribution is -2.41. The number of fused-ring (bicyclic) bond motifs is 1. The third-order valence-electron chi connectivity index (χ3n) is 4.13. The lowest BCUT2D eigenvalue weighted by atomic mass is 9.85. The maximum atomic E-state index is 12.1. The van der Waals surface area contributed by atoms with Crippen LogP contribution in [0.15, 0.2) is 16.6 Å². The van der Waals surface area contributed by atoms with Gasteiger partial charge < -0.3 is 19.3 Å². The summed E-state index contributed by atoms with van der Waals surface area (Å²) in [6, 6.07) is 3.61. The molecule has 0 aromatic heterocycles. The number of carbonyl (C=O) groups excluding carboxylic acids is 1. The van der Waals surface area contributed by atoms with E-state index in [0.29, 0.717) is 37.6 Å². The molecule has 1 aromatic carbocycles. The highest BCUT2D eigenvalue weighted by molar-refractivity contribution is 9.10. The van der Waals surface area contributed by atoms with Crippen molar-refractivity contribution in [1.29, 1.82) is 0 Å². The molecule has 1 aliphatic heterocycles. The topological polar surface area (TPSA) is 65.0 Å². The van der Waals surface area contributed by atoms with Gasteiger partial charge in [0.25, 0.3) is 0 Å². The molecule has 2 aliphatic rings. The van der Waals surface area contributed by atoms with Gasteiger partial charge in [-0.05, 0) is 37.8 Å². The van der Waals surface area contributed by atoms with Crippen molar-refractivity contribution in [1.82, 2.24) is 0 Å². The molecule has 0 saturated heterocycles. The first-order valence-corrected chi connectivity index (χ1v) is 8.35. The lowest BCUT2D eigenvalue weighted by Gasteiger charge is -2.29. The van der Waals surface area contributed by atoms with Crippen molar-refractivity contribution < 1.29 is 24.1 Å². The zero-order valence-corrected chi connectivity index (χ0v) is 13.9. The molecule has 3 rings (SSSR count). The molecule has 5 nitrogen and oxygen atoms in total. The minimum absolute atomic E-state index is 0.0956. The molecule has 1 saturated carbocycles. The number of rotatable bonds is 3. The molecule has 0 unspecified atom stereocenters. The Morgan fingerprint density at radius 3 is 2.50 bits per heavy atom. The van der Waals surface area contributed by atoms with Gasteiger partial charge >= 0.3 is 5.97 Å². The molecule has 120 valence electrons. The van der Waals surface area contributed by atoms with Crippen molar-refractivity contribution in [2.45, 2.75) is 44.3 Å². The molecule has 1 aromatic rings. The van der Waals surface area contributed by atoms with Crippen LogP contribution >= 0.6 is 15.9 Å². The molecule has 0 atom stereocenters. The van der Waals surface area contributed by atoms with Crippen LogP contribution in [-0.4, -0.2) is 29.9 Å². The van der Waals surface area contributed by atoms with Gasteiger partial charge in [0.15, 0.2) is 17.1 Å². The summed E-state index contributed by atoms with van der Waals surface area (Å²) in [7, 11) is 0. The molecule has 0 radical (unpaired) electrons. The van der Waals surface area contributed by atoms with Crippen LogP contribution in [0, 0.1) is 0 Å². The molecule has 6 heteroatoms. The van der Waals surface area contributed by atoms with Crippen LogP contribution in [0.25, 0.3) is 0 Å². The van der Waals surface area contributed by atoms with E-state index in [-0.39, 0.29) is 6.61 Å². The number of benzene rings is 1. The van der Waals surface area contributed by atoms with Gasteiger partial charge in [0.1, 0.15) is 19.8 Å². The summed E-state index contributed by atoms with van der Waals surface area (Å²) in [6.45, 7) is 1.13. The first-order valence-electron chi connectivity index (χ1n) is 7.56. The second-order valence-electron chi connectivity index (χ2n) is 5.76. The Hall–Kier alpha value is -1.27. The summed E-state index contributed by atoms with van der Waals surface area (Å²) in [5.41, 5.74) is -0.532. The lowest BCUT2D eigenvalue weighted by molar-refractivity contribution is -0.170. The van der Waals surface area contributed by atoms with E-state index in [4.69, 9.17) is 14.2 Å². The summed E-state index contributed by atoms with van der Waals surface area (Å²) in [5.74, 6) is 0.796. The van der Waals surface area contributed by atoms with Crippen LogP contribution in [0.5, 0.6) is 11.5 Å². The standard InChI is InChI=1S/C16H19BrO5/c17-12-9-14-13(20-6-7-21-14)8-11(12)10-22-15(18)16(19)4-2-1-3-5-16/h8-9,19H,1-7,10H2. The van der Waals surface area contributed by atoms with Crippen molar-refractivity contribution in [3.05, 3.63) is 22.2 Å². The van der Waals surface area contributed by atoms with E-state index in [9.17, 15) is 9.90 Å². The Morgan fingerprint density at radius 1 is 1.18 bits per heavy atom. The maximum Gasteiger partial charge on any atom is 0.338 e. The van der Waals surface area contributed by atoms with Gasteiger partial charge in [-0.1, -0.05) is 22.4 Å². The van der Waals surface area contributed by atoms with Crippen molar-refractivity contribution in [3.8, 4) is 11.5 Å². The van der Waals surface area contributed by atoms with Gasteiger partial charge in [-0.3, -0.25) is 0 Å². The fourth-order valence-electron chi connectivity index (χ4n) is 2.84. The summed E-state index contributed by atoms with van der Waals surface area (Å²) in [4.78, 5) is 12.1. The first kappa shape index (κ1) is 15.6. The zero-order valence-electron chi connectivity index (χ0n) is 12.3. The number of esters is 1. The fourth-order valence-corrected chi connectivity index (χ4v) is 3.27. The second kappa shape index (κ2) is 6.46. The number of carbonyl (C=O) groups is 1. The second-order valence-corrected chi connectivity index (χ2v) is 6.61. The summed E-state index contributed by atoms with van der Waals surface area (Å²) >= 11 is 3.45. The zero-order chi connectivity index (χ0) is 15.6. The van der Waals surface area contributed by atoms with Crippen LogP contribution in [0.4, 0.5) is 0 Å². The summed E-state index contributed by atoms with van der Waals surface area (Å²) in [5, 5.41) is 10.3. The van der Waals surface area contributed by atoms with E-state index in [2.05, 4.69) is 15.9 Å². The van der Waals surface area contributed by atoms with E-state index < -0.39 is 11.6 Å². The molecule has 22 heavy (non-hydrogen) atoms. The molecule has 0 amide bonds. The monoisotopic (exact) mass is 370 g/mol. The molecule has 1 aliphatic carbocycles. The average Bonchev–Trinajstić information content (AvgIpc) is 2.53. The minimum Gasteiger partial charge on any atom is -0.486 e. The number of halogens is 1. The number of ether oxygens (including phenoxy) is 3. The Balaban J connectivity index is 1.67. The van der Waals surface area contributed by atoms with Gasteiger partial charge in [0.2, 0.25) is 0 Å². The normalized spacial score (nSPS) is 19.5. The van der Waals surface area contributed by atoms with Crippen molar-refractivity contribution >= 4 is 21.9 Å². The SMILES string of the molecule is O=C(OCc1cc2c(cc1Br)OCCO2)C1(O)CCCCC1. The van der Waals surface area contributed by atoms with Gasteiger partial charge in [-0.25, -0.2) is 4.79 Å². The largest absolute Gasteiger partial charge is 0.486 e. The number of hydrogen-bond donors (Lipinski definition) is 1. The molecule has 0 spiro atoms. The van der Waals surface area contributed by atoms with E-state index in [1.807, 2.05) is 6.07 Å². The summed E-state index contributed by atoms with van der Waals surface area (Å²) in [6.07, 6.45) is 3.74. The van der Waals surface area contributed by atoms with Gasteiger partial charge in [-0.15, -0.1) is 0 Å². The van der Waals surface area contributed by atoms with E-state index in [0.717, 1.165) is 29.3 Å². The predicted octanol–water partition coefficient (Wildman–Crippen LogP) is 2.96. The molecular weight excluding hydrogens is 352 g/mol. The molecule has 1 heterocycles. The van der Waals surface area contributed by atoms with Crippen molar-refractivity contribution in [3.63, 3.8) is 0 Å². The quantitative estimate of drug-likeness (QED) is 0.828.